The Morgan fingerprint density at radius 3 is 2.79 bits per heavy atom. The molecule has 0 saturated carbocycles. The van der Waals surface area contributed by atoms with Crippen LogP contribution in [0.3, 0.4) is 0 Å². The number of hydrogen-bond donors (Lipinski definition) is 2. The smallest absolute Gasteiger partial charge is 0.171 e. The zero-order valence-electron chi connectivity index (χ0n) is 13.2. The van der Waals surface area contributed by atoms with Crippen LogP contribution in [0.4, 0.5) is 4.39 Å². The first-order chi connectivity index (χ1) is 11.7. The highest BCUT2D eigenvalue weighted by Gasteiger charge is 2.32. The van der Waals surface area contributed by atoms with Crippen LogP contribution in [-0.4, -0.2) is 12.2 Å². The number of aryl methyl sites for hydroxylation is 1. The number of benzene rings is 2. The van der Waals surface area contributed by atoms with Gasteiger partial charge in [0.15, 0.2) is 5.11 Å². The predicted molar refractivity (Wildman–Crippen MR) is 96.2 cm³/mol. The molecule has 0 aromatic heterocycles. The monoisotopic (exact) mass is 340 g/mol. The molecule has 2 aromatic rings. The van der Waals surface area contributed by atoms with Gasteiger partial charge in [0.1, 0.15) is 11.6 Å². The Morgan fingerprint density at radius 2 is 2.00 bits per heavy atom. The van der Waals surface area contributed by atoms with E-state index in [1.54, 1.807) is 13.2 Å². The number of rotatable bonds is 2. The standard InChI is InChI=1S/C19H17FN2OS/c1-23-12-7-9-13-11(10-12)6-8-15-17(13)21-19(24)22-18(15)14-4-2-3-5-16(14)20/h2-5,7,9-10,18H,6,8H2,1H3,(H2,21,22,24). The zero-order valence-corrected chi connectivity index (χ0v) is 14.0. The van der Waals surface area contributed by atoms with Crippen molar-refractivity contribution in [2.24, 2.45) is 0 Å². The average molecular weight is 340 g/mol. The van der Waals surface area contributed by atoms with E-state index in [1.807, 2.05) is 24.3 Å². The van der Waals surface area contributed by atoms with Gasteiger partial charge in [-0.05, 0) is 60.5 Å². The van der Waals surface area contributed by atoms with Gasteiger partial charge in [0, 0.05) is 16.8 Å². The maximum Gasteiger partial charge on any atom is 0.171 e. The molecule has 4 rings (SSSR count). The van der Waals surface area contributed by atoms with Gasteiger partial charge < -0.3 is 15.4 Å². The Balaban J connectivity index is 1.85. The molecule has 0 radical (unpaired) electrons. The minimum Gasteiger partial charge on any atom is -0.497 e. The Kier molecular flexibility index (Phi) is 3.73. The zero-order chi connectivity index (χ0) is 16.7. The van der Waals surface area contributed by atoms with Gasteiger partial charge in [0.05, 0.1) is 13.2 Å². The molecule has 0 fully saturated rings. The maximum atomic E-state index is 14.3. The Bertz CT molecular complexity index is 862. The van der Waals surface area contributed by atoms with Crippen molar-refractivity contribution in [3.63, 3.8) is 0 Å². The molecule has 0 amide bonds. The molecule has 5 heteroatoms. The van der Waals surface area contributed by atoms with Crippen molar-refractivity contribution in [1.82, 2.24) is 10.6 Å². The Hall–Kier alpha value is -2.40. The molecule has 24 heavy (non-hydrogen) atoms. The van der Waals surface area contributed by atoms with Crippen LogP contribution < -0.4 is 15.4 Å². The highest BCUT2D eigenvalue weighted by Crippen LogP contribution is 2.40. The molecule has 122 valence electrons. The number of fused-ring (bicyclic) bond motifs is 2. The summed E-state index contributed by atoms with van der Waals surface area (Å²) in [5.41, 5.74) is 5.10. The van der Waals surface area contributed by atoms with Crippen LogP contribution in [0.1, 0.15) is 29.2 Å². The van der Waals surface area contributed by atoms with Crippen LogP contribution >= 0.6 is 12.2 Å². The number of hydrogen-bond acceptors (Lipinski definition) is 2. The van der Waals surface area contributed by atoms with Crippen LogP contribution in [0.15, 0.2) is 48.0 Å². The van der Waals surface area contributed by atoms with Crippen LogP contribution in [0.25, 0.3) is 5.70 Å². The van der Waals surface area contributed by atoms with Crippen molar-refractivity contribution < 1.29 is 9.13 Å². The lowest BCUT2D eigenvalue weighted by Crippen LogP contribution is -2.44. The van der Waals surface area contributed by atoms with Crippen molar-refractivity contribution in [3.8, 4) is 5.75 Å². The molecule has 2 aliphatic rings. The summed E-state index contributed by atoms with van der Waals surface area (Å²) >= 11 is 5.37. The summed E-state index contributed by atoms with van der Waals surface area (Å²) in [4.78, 5) is 0. The van der Waals surface area contributed by atoms with Gasteiger partial charge in [0.25, 0.3) is 0 Å². The van der Waals surface area contributed by atoms with E-state index in [4.69, 9.17) is 17.0 Å². The summed E-state index contributed by atoms with van der Waals surface area (Å²) in [6, 6.07) is 12.7. The van der Waals surface area contributed by atoms with E-state index in [0.717, 1.165) is 35.4 Å². The highest BCUT2D eigenvalue weighted by molar-refractivity contribution is 7.80. The topological polar surface area (TPSA) is 33.3 Å². The summed E-state index contributed by atoms with van der Waals surface area (Å²) in [5.74, 6) is 0.632. The van der Waals surface area contributed by atoms with E-state index in [9.17, 15) is 4.39 Å². The largest absolute Gasteiger partial charge is 0.497 e. The van der Waals surface area contributed by atoms with Crippen LogP contribution in [0, 0.1) is 5.82 Å². The van der Waals surface area contributed by atoms with Gasteiger partial charge in [-0.15, -0.1) is 0 Å². The first-order valence-electron chi connectivity index (χ1n) is 7.89. The van der Waals surface area contributed by atoms with Crippen molar-refractivity contribution in [2.45, 2.75) is 18.9 Å². The molecule has 1 aliphatic heterocycles. The number of ether oxygens (including phenoxy) is 1. The molecule has 1 atom stereocenters. The Labute approximate surface area is 145 Å². The third-order valence-corrected chi connectivity index (χ3v) is 4.87. The Morgan fingerprint density at radius 1 is 1.17 bits per heavy atom. The van der Waals surface area contributed by atoms with Gasteiger partial charge >= 0.3 is 0 Å². The number of methoxy groups -OCH3 is 1. The summed E-state index contributed by atoms with van der Waals surface area (Å²) in [6.45, 7) is 0. The summed E-state index contributed by atoms with van der Waals surface area (Å²) in [7, 11) is 1.67. The first kappa shape index (κ1) is 15.1. The predicted octanol–water partition coefficient (Wildman–Crippen LogP) is 3.71. The van der Waals surface area contributed by atoms with Gasteiger partial charge in [-0.3, -0.25) is 0 Å². The quantitative estimate of drug-likeness (QED) is 0.817. The molecule has 1 aliphatic carbocycles. The van der Waals surface area contributed by atoms with Gasteiger partial charge in [-0.25, -0.2) is 4.39 Å². The highest BCUT2D eigenvalue weighted by atomic mass is 32.1. The second kappa shape index (κ2) is 5.91. The van der Waals surface area contributed by atoms with Gasteiger partial charge in [0.2, 0.25) is 0 Å². The normalized spacial score (nSPS) is 19.1. The van der Waals surface area contributed by atoms with Crippen molar-refractivity contribution >= 4 is 23.0 Å². The molecule has 0 saturated heterocycles. The second-order valence-corrected chi connectivity index (χ2v) is 6.38. The van der Waals surface area contributed by atoms with E-state index < -0.39 is 0 Å². The minimum absolute atomic E-state index is 0.216. The van der Waals surface area contributed by atoms with Crippen molar-refractivity contribution in [3.05, 3.63) is 70.5 Å². The fourth-order valence-corrected chi connectivity index (χ4v) is 3.71. The fraction of sp³-hybridized carbons (Fsp3) is 0.211. The minimum atomic E-state index is -0.231. The number of thiocarbonyl (C=S) groups is 1. The van der Waals surface area contributed by atoms with E-state index in [1.165, 1.54) is 11.6 Å². The molecular weight excluding hydrogens is 323 g/mol. The van der Waals surface area contributed by atoms with Gasteiger partial charge in [-0.1, -0.05) is 18.2 Å². The lowest BCUT2D eigenvalue weighted by molar-refractivity contribution is 0.414. The van der Waals surface area contributed by atoms with Crippen LogP contribution in [-0.2, 0) is 6.42 Å². The molecule has 1 unspecified atom stereocenters. The third-order valence-electron chi connectivity index (χ3n) is 4.65. The van der Waals surface area contributed by atoms with Gasteiger partial charge in [-0.2, -0.15) is 0 Å². The van der Waals surface area contributed by atoms with Crippen molar-refractivity contribution in [1.29, 1.82) is 0 Å². The first-order valence-corrected chi connectivity index (χ1v) is 8.30. The van der Waals surface area contributed by atoms with Crippen LogP contribution in [0.2, 0.25) is 0 Å². The maximum absolute atomic E-state index is 14.3. The van der Waals surface area contributed by atoms with E-state index >= 15 is 0 Å². The average Bonchev–Trinajstić information content (AvgIpc) is 2.60. The van der Waals surface area contributed by atoms with E-state index in [2.05, 4.69) is 16.7 Å². The SMILES string of the molecule is COc1ccc2c(c1)CCC1=C2NC(=S)NC1c1ccccc1F. The van der Waals surface area contributed by atoms with E-state index in [-0.39, 0.29) is 11.9 Å². The molecule has 2 aromatic carbocycles. The fourth-order valence-electron chi connectivity index (χ4n) is 3.49. The molecule has 0 spiro atoms. The molecule has 2 N–H and O–H groups in total. The number of nitrogens with one attached hydrogen (secondary N) is 2. The molecule has 1 heterocycles. The number of halogens is 1. The molecular formula is C19H17FN2OS. The van der Waals surface area contributed by atoms with E-state index in [0.29, 0.717) is 10.7 Å². The molecule has 0 bridgehead atoms. The lowest BCUT2D eigenvalue weighted by atomic mass is 9.82. The van der Waals surface area contributed by atoms with Crippen molar-refractivity contribution in [2.75, 3.05) is 7.11 Å². The lowest BCUT2D eigenvalue weighted by Gasteiger charge is -2.36. The third kappa shape index (κ3) is 2.45. The summed E-state index contributed by atoms with van der Waals surface area (Å²) in [6.07, 6.45) is 1.74. The second-order valence-electron chi connectivity index (χ2n) is 5.98. The molecule has 3 nitrogen and oxygen atoms in total. The summed E-state index contributed by atoms with van der Waals surface area (Å²) < 4.78 is 19.6. The summed E-state index contributed by atoms with van der Waals surface area (Å²) in [5, 5.41) is 7.01. The van der Waals surface area contributed by atoms with Crippen LogP contribution in [0.5, 0.6) is 5.75 Å².